The molecule has 0 saturated heterocycles. The minimum absolute atomic E-state index is 0.494. The first-order valence-corrected chi connectivity index (χ1v) is 4.58. The molecule has 1 aliphatic rings. The molecule has 15 heavy (non-hydrogen) atoms. The first kappa shape index (κ1) is 10.0. The van der Waals surface area contributed by atoms with Crippen molar-refractivity contribution in [1.82, 2.24) is 0 Å². The van der Waals surface area contributed by atoms with Crippen LogP contribution in [0.1, 0.15) is 5.56 Å². The summed E-state index contributed by atoms with van der Waals surface area (Å²) in [5, 5.41) is 0. The van der Waals surface area contributed by atoms with Gasteiger partial charge in [0.05, 0.1) is 0 Å². The van der Waals surface area contributed by atoms with E-state index >= 15 is 0 Å². The van der Waals surface area contributed by atoms with Gasteiger partial charge in [-0.05, 0) is 23.3 Å². The zero-order chi connectivity index (χ0) is 10.9. The van der Waals surface area contributed by atoms with Crippen molar-refractivity contribution in [2.75, 3.05) is 0 Å². The molecule has 0 bridgehead atoms. The molecule has 3 heteroatoms. The Morgan fingerprint density at radius 2 is 1.73 bits per heavy atom. The Balaban J connectivity index is 2.32. The molecule has 1 aliphatic carbocycles. The van der Waals surface area contributed by atoms with E-state index in [1.54, 1.807) is 24.3 Å². The predicted octanol–water partition coefficient (Wildman–Crippen LogP) is 3.61. The molecule has 0 aliphatic heterocycles. The van der Waals surface area contributed by atoms with Crippen LogP contribution in [-0.2, 0) is 0 Å². The minimum Gasteiger partial charge on any atom is -0.236 e. The highest BCUT2D eigenvalue weighted by Crippen LogP contribution is 2.32. The fourth-order valence-corrected chi connectivity index (χ4v) is 1.44. The number of alkyl halides is 3. The highest BCUT2D eigenvalue weighted by atomic mass is 19.3. The van der Waals surface area contributed by atoms with Crippen LogP contribution in [0.3, 0.4) is 0 Å². The number of hydrogen-bond donors (Lipinski definition) is 0. The number of hydrogen-bond acceptors (Lipinski definition) is 0. The molecule has 78 valence electrons. The van der Waals surface area contributed by atoms with E-state index in [0.717, 1.165) is 11.6 Å². The van der Waals surface area contributed by atoms with Crippen molar-refractivity contribution in [3.8, 4) is 0 Å². The zero-order valence-corrected chi connectivity index (χ0v) is 7.83. The van der Waals surface area contributed by atoms with Gasteiger partial charge in [0.1, 0.15) is 0 Å². The second-order valence-electron chi connectivity index (χ2n) is 3.40. The van der Waals surface area contributed by atoms with E-state index < -0.39 is 12.1 Å². The Morgan fingerprint density at radius 3 is 2.33 bits per heavy atom. The number of allylic oxidation sites excluding steroid dienone is 4. The summed E-state index contributed by atoms with van der Waals surface area (Å²) >= 11 is 0. The van der Waals surface area contributed by atoms with Crippen LogP contribution >= 0.6 is 0 Å². The lowest BCUT2D eigenvalue weighted by atomic mass is 9.97. The standard InChI is InChI=1S/C12H9F3/c13-11-8-10(6-7-12(11,14)15)9-4-2-1-3-5-9/h1-8,11H. The maximum Gasteiger partial charge on any atom is 0.300 e. The summed E-state index contributed by atoms with van der Waals surface area (Å²) in [5.74, 6) is -3.38. The topological polar surface area (TPSA) is 0 Å². The quantitative estimate of drug-likeness (QED) is 0.664. The normalized spacial score (nSPS) is 23.7. The third kappa shape index (κ3) is 1.96. The Kier molecular flexibility index (Phi) is 2.39. The molecule has 1 aromatic carbocycles. The lowest BCUT2D eigenvalue weighted by Gasteiger charge is -2.19. The lowest BCUT2D eigenvalue weighted by Crippen LogP contribution is -2.27. The maximum absolute atomic E-state index is 13.0. The van der Waals surface area contributed by atoms with Gasteiger partial charge in [0, 0.05) is 0 Å². The molecule has 1 unspecified atom stereocenters. The maximum atomic E-state index is 13.0. The van der Waals surface area contributed by atoms with Gasteiger partial charge in [-0.3, -0.25) is 0 Å². The first-order valence-electron chi connectivity index (χ1n) is 4.58. The lowest BCUT2D eigenvalue weighted by molar-refractivity contribution is -0.00704. The Bertz CT molecular complexity index is 404. The summed E-state index contributed by atoms with van der Waals surface area (Å²) in [7, 11) is 0. The molecule has 0 amide bonds. The van der Waals surface area contributed by atoms with Crippen molar-refractivity contribution in [1.29, 1.82) is 0 Å². The average molecular weight is 210 g/mol. The zero-order valence-electron chi connectivity index (χ0n) is 7.83. The molecule has 0 N–H and O–H groups in total. The van der Waals surface area contributed by atoms with Crippen LogP contribution in [0.25, 0.3) is 5.57 Å². The van der Waals surface area contributed by atoms with Crippen molar-refractivity contribution in [2.45, 2.75) is 12.1 Å². The van der Waals surface area contributed by atoms with E-state index in [0.29, 0.717) is 11.6 Å². The molecule has 1 aromatic rings. The van der Waals surface area contributed by atoms with E-state index in [9.17, 15) is 13.2 Å². The van der Waals surface area contributed by atoms with E-state index in [4.69, 9.17) is 0 Å². The second kappa shape index (κ2) is 3.57. The van der Waals surface area contributed by atoms with Crippen molar-refractivity contribution in [3.05, 3.63) is 54.1 Å². The number of rotatable bonds is 1. The fourth-order valence-electron chi connectivity index (χ4n) is 1.44. The SMILES string of the molecule is FC1C=C(c2ccccc2)C=CC1(F)F. The Morgan fingerprint density at radius 1 is 1.07 bits per heavy atom. The molecular weight excluding hydrogens is 201 g/mol. The van der Waals surface area contributed by atoms with Crippen LogP contribution in [0.15, 0.2) is 48.6 Å². The van der Waals surface area contributed by atoms with Gasteiger partial charge in [-0.1, -0.05) is 36.4 Å². The highest BCUT2D eigenvalue weighted by molar-refractivity contribution is 5.75. The van der Waals surface area contributed by atoms with Crippen molar-refractivity contribution in [2.24, 2.45) is 0 Å². The van der Waals surface area contributed by atoms with Crippen molar-refractivity contribution in [3.63, 3.8) is 0 Å². The molecule has 0 nitrogen and oxygen atoms in total. The van der Waals surface area contributed by atoms with Gasteiger partial charge < -0.3 is 0 Å². The van der Waals surface area contributed by atoms with Crippen LogP contribution < -0.4 is 0 Å². The summed E-state index contributed by atoms with van der Waals surface area (Å²) < 4.78 is 38.6. The third-order valence-corrected chi connectivity index (χ3v) is 2.29. The number of benzene rings is 1. The van der Waals surface area contributed by atoms with Gasteiger partial charge in [-0.2, -0.15) is 8.78 Å². The molecule has 0 aromatic heterocycles. The fraction of sp³-hybridized carbons (Fsp3) is 0.167. The molecule has 0 fully saturated rings. The predicted molar refractivity (Wildman–Crippen MR) is 53.4 cm³/mol. The Hall–Kier alpha value is -1.51. The van der Waals surface area contributed by atoms with E-state index in [-0.39, 0.29) is 0 Å². The van der Waals surface area contributed by atoms with Gasteiger partial charge in [0.15, 0.2) is 6.17 Å². The van der Waals surface area contributed by atoms with Crippen LogP contribution in [-0.4, -0.2) is 12.1 Å². The summed E-state index contributed by atoms with van der Waals surface area (Å²) in [5.41, 5.74) is 1.24. The van der Waals surface area contributed by atoms with Gasteiger partial charge >= 0.3 is 5.92 Å². The number of halogens is 3. The van der Waals surface area contributed by atoms with E-state index in [2.05, 4.69) is 0 Å². The van der Waals surface area contributed by atoms with Crippen LogP contribution in [0.2, 0.25) is 0 Å². The largest absolute Gasteiger partial charge is 0.300 e. The summed E-state index contributed by atoms with van der Waals surface area (Å²) in [6.45, 7) is 0. The van der Waals surface area contributed by atoms with Crippen LogP contribution in [0, 0.1) is 0 Å². The third-order valence-electron chi connectivity index (χ3n) is 2.29. The molecule has 0 saturated carbocycles. The Labute approximate surface area is 85.7 Å². The second-order valence-corrected chi connectivity index (χ2v) is 3.40. The van der Waals surface area contributed by atoms with Crippen molar-refractivity contribution < 1.29 is 13.2 Å². The smallest absolute Gasteiger partial charge is 0.236 e. The van der Waals surface area contributed by atoms with Gasteiger partial charge in [0.2, 0.25) is 0 Å². The summed E-state index contributed by atoms with van der Waals surface area (Å²) in [6, 6.07) is 8.89. The minimum atomic E-state index is -3.38. The van der Waals surface area contributed by atoms with Crippen LogP contribution in [0.5, 0.6) is 0 Å². The van der Waals surface area contributed by atoms with Crippen molar-refractivity contribution >= 4 is 5.57 Å². The molecule has 2 rings (SSSR count). The van der Waals surface area contributed by atoms with Gasteiger partial charge in [-0.15, -0.1) is 0 Å². The first-order chi connectivity index (χ1) is 7.09. The monoisotopic (exact) mass is 210 g/mol. The summed E-state index contributed by atoms with van der Waals surface area (Å²) in [4.78, 5) is 0. The van der Waals surface area contributed by atoms with E-state index in [1.165, 1.54) is 6.08 Å². The molecule has 1 atom stereocenters. The average Bonchev–Trinajstić information content (AvgIpc) is 2.23. The molecule has 0 spiro atoms. The van der Waals surface area contributed by atoms with E-state index in [1.807, 2.05) is 6.07 Å². The highest BCUT2D eigenvalue weighted by Gasteiger charge is 2.38. The van der Waals surface area contributed by atoms with Crippen LogP contribution in [0.4, 0.5) is 13.2 Å². The molecular formula is C12H9F3. The molecule has 0 radical (unpaired) electrons. The summed E-state index contributed by atoms with van der Waals surface area (Å²) in [6.07, 6.45) is 0.582. The molecule has 0 heterocycles. The van der Waals surface area contributed by atoms with Gasteiger partial charge in [0.25, 0.3) is 0 Å². The van der Waals surface area contributed by atoms with Gasteiger partial charge in [-0.25, -0.2) is 4.39 Å².